The molecular weight excluding hydrogens is 292 g/mol. The van der Waals surface area contributed by atoms with Crippen LogP contribution in [0.15, 0.2) is 43.1 Å². The van der Waals surface area contributed by atoms with Gasteiger partial charge in [0, 0.05) is 18.2 Å². The molecule has 0 saturated heterocycles. The van der Waals surface area contributed by atoms with Crippen LogP contribution in [0, 0.1) is 0 Å². The summed E-state index contributed by atoms with van der Waals surface area (Å²) in [6, 6.07) is 9.23. The molecule has 0 bridgehead atoms. The van der Waals surface area contributed by atoms with Crippen LogP contribution in [-0.2, 0) is 12.8 Å². The Kier molecular flexibility index (Phi) is 5.30. The Morgan fingerprint density at radius 2 is 1.87 bits per heavy atom. The minimum Gasteiger partial charge on any atom is -0.256 e. The fourth-order valence-electron chi connectivity index (χ4n) is 2.66. The third kappa shape index (κ3) is 4.72. The van der Waals surface area contributed by atoms with Gasteiger partial charge in [0.1, 0.15) is 0 Å². The van der Waals surface area contributed by atoms with Gasteiger partial charge in [-0.2, -0.15) is 0 Å². The van der Waals surface area contributed by atoms with Gasteiger partial charge in [-0.1, -0.05) is 49.8 Å². The second kappa shape index (κ2) is 7.03. The largest absolute Gasteiger partial charge is 0.256 e. The fourth-order valence-corrected chi connectivity index (χ4v) is 2.66. The van der Waals surface area contributed by atoms with Crippen molar-refractivity contribution in [3.63, 3.8) is 0 Å². The highest BCUT2D eigenvalue weighted by atomic mass is 19.3. The molecule has 0 aliphatic carbocycles. The van der Waals surface area contributed by atoms with E-state index in [1.807, 2.05) is 31.3 Å². The first-order chi connectivity index (χ1) is 10.8. The van der Waals surface area contributed by atoms with Crippen molar-refractivity contribution >= 4 is 5.57 Å². The molecule has 1 heterocycles. The van der Waals surface area contributed by atoms with E-state index >= 15 is 0 Å². The third-order valence-electron chi connectivity index (χ3n) is 3.73. The monoisotopic (exact) mass is 315 g/mol. The average molecular weight is 315 g/mol. The van der Waals surface area contributed by atoms with Gasteiger partial charge in [0.05, 0.1) is 5.69 Å². The van der Waals surface area contributed by atoms with E-state index in [9.17, 15) is 8.78 Å². The van der Waals surface area contributed by atoms with Gasteiger partial charge < -0.3 is 0 Å². The molecule has 1 aromatic heterocycles. The first-order valence-electron chi connectivity index (χ1n) is 7.92. The van der Waals surface area contributed by atoms with Crippen LogP contribution in [-0.4, -0.2) is 10.9 Å². The molecule has 1 aromatic carbocycles. The van der Waals surface area contributed by atoms with Gasteiger partial charge in [-0.3, -0.25) is 4.98 Å². The lowest BCUT2D eigenvalue weighted by molar-refractivity contribution is 0.0226. The second-order valence-corrected chi connectivity index (χ2v) is 6.20. The zero-order valence-corrected chi connectivity index (χ0v) is 14.0. The molecule has 0 spiro atoms. The number of alkyl halides is 2. The van der Waals surface area contributed by atoms with Gasteiger partial charge >= 0.3 is 0 Å². The molecule has 2 rings (SSSR count). The standard InChI is InChI=1S/C20H23F2N/c1-5-6-17-13-23-19(11-18(17)14(2)3)16-9-7-15(8-10-16)12-20(4,21)22/h7-11,13H,2,5-6,12H2,1,3-4H3. The van der Waals surface area contributed by atoms with E-state index in [0.29, 0.717) is 5.56 Å². The number of rotatable bonds is 6. The highest BCUT2D eigenvalue weighted by Crippen LogP contribution is 2.26. The number of nitrogens with zero attached hydrogens (tertiary/aromatic N) is 1. The summed E-state index contributed by atoms with van der Waals surface area (Å²) >= 11 is 0. The van der Waals surface area contributed by atoms with Crippen molar-refractivity contribution in [1.82, 2.24) is 4.98 Å². The minimum atomic E-state index is -2.69. The van der Waals surface area contributed by atoms with Crippen LogP contribution in [0.5, 0.6) is 0 Å². The number of halogens is 2. The van der Waals surface area contributed by atoms with Crippen molar-refractivity contribution in [1.29, 1.82) is 0 Å². The van der Waals surface area contributed by atoms with E-state index in [0.717, 1.165) is 42.2 Å². The Morgan fingerprint density at radius 1 is 1.22 bits per heavy atom. The lowest BCUT2D eigenvalue weighted by Gasteiger charge is -2.12. The van der Waals surface area contributed by atoms with Crippen LogP contribution in [0.4, 0.5) is 8.78 Å². The van der Waals surface area contributed by atoms with Crippen LogP contribution in [0.25, 0.3) is 16.8 Å². The van der Waals surface area contributed by atoms with Crippen LogP contribution >= 0.6 is 0 Å². The maximum atomic E-state index is 13.1. The number of hydrogen-bond donors (Lipinski definition) is 0. The summed E-state index contributed by atoms with van der Waals surface area (Å²) in [4.78, 5) is 4.53. The highest BCUT2D eigenvalue weighted by molar-refractivity contribution is 5.70. The van der Waals surface area contributed by atoms with Crippen LogP contribution in [0.2, 0.25) is 0 Å². The Bertz CT molecular complexity index is 682. The fraction of sp³-hybridized carbons (Fsp3) is 0.350. The number of aryl methyl sites for hydroxylation is 1. The Balaban J connectivity index is 2.31. The summed E-state index contributed by atoms with van der Waals surface area (Å²) in [7, 11) is 0. The van der Waals surface area contributed by atoms with E-state index in [1.165, 1.54) is 5.56 Å². The number of hydrogen-bond acceptors (Lipinski definition) is 1. The molecule has 2 aromatic rings. The first-order valence-corrected chi connectivity index (χ1v) is 7.92. The van der Waals surface area contributed by atoms with E-state index < -0.39 is 5.92 Å². The quantitative estimate of drug-likeness (QED) is 0.643. The molecule has 3 heteroatoms. The number of benzene rings is 1. The van der Waals surface area contributed by atoms with Crippen molar-refractivity contribution in [2.45, 2.75) is 46.0 Å². The normalized spacial score (nSPS) is 11.5. The second-order valence-electron chi connectivity index (χ2n) is 6.20. The number of aromatic nitrogens is 1. The van der Waals surface area contributed by atoms with E-state index in [1.54, 1.807) is 12.1 Å². The van der Waals surface area contributed by atoms with E-state index in [2.05, 4.69) is 18.5 Å². The minimum absolute atomic E-state index is 0.243. The van der Waals surface area contributed by atoms with Crippen molar-refractivity contribution in [3.05, 3.63) is 59.8 Å². The molecule has 0 radical (unpaired) electrons. The van der Waals surface area contributed by atoms with Gasteiger partial charge in [-0.25, -0.2) is 8.78 Å². The van der Waals surface area contributed by atoms with E-state index in [-0.39, 0.29) is 6.42 Å². The topological polar surface area (TPSA) is 12.9 Å². The summed E-state index contributed by atoms with van der Waals surface area (Å²) in [5.74, 6) is -2.69. The zero-order chi connectivity index (χ0) is 17.0. The number of allylic oxidation sites excluding steroid dienone is 1. The number of pyridine rings is 1. The lowest BCUT2D eigenvalue weighted by Crippen LogP contribution is -2.13. The molecule has 0 aliphatic rings. The van der Waals surface area contributed by atoms with Crippen molar-refractivity contribution in [2.24, 2.45) is 0 Å². The summed E-state index contributed by atoms with van der Waals surface area (Å²) in [5.41, 5.74) is 5.74. The predicted octanol–water partition coefficient (Wildman–Crippen LogP) is 5.93. The van der Waals surface area contributed by atoms with Gasteiger partial charge in [0.25, 0.3) is 0 Å². The van der Waals surface area contributed by atoms with Crippen molar-refractivity contribution in [3.8, 4) is 11.3 Å². The summed E-state index contributed by atoms with van der Waals surface area (Å²) in [5, 5.41) is 0. The van der Waals surface area contributed by atoms with Crippen molar-refractivity contribution < 1.29 is 8.78 Å². The smallest absolute Gasteiger partial charge is 0.249 e. The summed E-state index contributed by atoms with van der Waals surface area (Å²) in [6.07, 6.45) is 3.69. The molecule has 0 aliphatic heterocycles. The van der Waals surface area contributed by atoms with Gasteiger partial charge in [-0.15, -0.1) is 0 Å². The summed E-state index contributed by atoms with van der Waals surface area (Å²) in [6.45, 7) is 9.11. The molecule has 23 heavy (non-hydrogen) atoms. The van der Waals surface area contributed by atoms with Gasteiger partial charge in [-0.05, 0) is 43.0 Å². The van der Waals surface area contributed by atoms with Crippen molar-refractivity contribution in [2.75, 3.05) is 0 Å². The van der Waals surface area contributed by atoms with Gasteiger partial charge in [0.2, 0.25) is 5.92 Å². The first kappa shape index (κ1) is 17.3. The maximum absolute atomic E-state index is 13.1. The molecular formula is C20H23F2N. The SMILES string of the molecule is C=C(C)c1cc(-c2ccc(CC(C)(F)F)cc2)ncc1CCC. The molecule has 0 saturated carbocycles. The molecule has 0 fully saturated rings. The Hall–Kier alpha value is -2.03. The van der Waals surface area contributed by atoms with Crippen LogP contribution in [0.3, 0.4) is 0 Å². The molecule has 122 valence electrons. The Morgan fingerprint density at radius 3 is 2.39 bits per heavy atom. The van der Waals surface area contributed by atoms with Crippen LogP contribution < -0.4 is 0 Å². The van der Waals surface area contributed by atoms with Crippen LogP contribution in [0.1, 0.15) is 43.9 Å². The average Bonchev–Trinajstić information content (AvgIpc) is 2.47. The molecule has 0 amide bonds. The molecule has 0 N–H and O–H groups in total. The van der Waals surface area contributed by atoms with Gasteiger partial charge in [0.15, 0.2) is 0 Å². The lowest BCUT2D eigenvalue weighted by atomic mass is 9.97. The highest BCUT2D eigenvalue weighted by Gasteiger charge is 2.21. The molecule has 0 unspecified atom stereocenters. The maximum Gasteiger partial charge on any atom is 0.249 e. The van der Waals surface area contributed by atoms with E-state index in [4.69, 9.17) is 0 Å². The summed E-state index contributed by atoms with van der Waals surface area (Å²) < 4.78 is 26.1. The Labute approximate surface area is 137 Å². The molecule has 0 atom stereocenters. The molecule has 1 nitrogen and oxygen atoms in total. The predicted molar refractivity (Wildman–Crippen MR) is 92.7 cm³/mol. The zero-order valence-electron chi connectivity index (χ0n) is 14.0. The third-order valence-corrected chi connectivity index (χ3v) is 3.73.